The van der Waals surface area contributed by atoms with Crippen LogP contribution in [-0.2, 0) is 0 Å². The summed E-state index contributed by atoms with van der Waals surface area (Å²) >= 11 is 3.42. The van der Waals surface area contributed by atoms with Crippen molar-refractivity contribution in [1.29, 1.82) is 0 Å². The van der Waals surface area contributed by atoms with Gasteiger partial charge >= 0.3 is 0 Å². The summed E-state index contributed by atoms with van der Waals surface area (Å²) in [6.07, 6.45) is 1.75. The monoisotopic (exact) mass is 204 g/mol. The zero-order chi connectivity index (χ0) is 8.15. The van der Waals surface area contributed by atoms with Crippen LogP contribution in [0.4, 0.5) is 0 Å². The minimum atomic E-state index is 0.258. The topological polar surface area (TPSA) is 15.6 Å². The second-order valence-corrected chi connectivity index (χ2v) is 3.26. The number of nitrogens with zero attached hydrogens (tertiary/aromatic N) is 2. The third-order valence-corrected chi connectivity index (χ3v) is 1.72. The fourth-order valence-electron chi connectivity index (χ4n) is 0.650. The highest BCUT2D eigenvalue weighted by molar-refractivity contribution is 9.09. The molecule has 0 aromatic heterocycles. The minimum Gasteiger partial charge on any atom is -0.325 e. The molecule has 1 unspecified atom stereocenters. The summed E-state index contributed by atoms with van der Waals surface area (Å²) in [5.41, 5.74) is 0. The van der Waals surface area contributed by atoms with Crippen LogP contribution in [0.5, 0.6) is 0 Å². The number of amidine groups is 1. The van der Waals surface area contributed by atoms with Gasteiger partial charge in [0.05, 0.1) is 4.95 Å². The van der Waals surface area contributed by atoms with Crippen LogP contribution in [0.1, 0.15) is 13.8 Å². The van der Waals surface area contributed by atoms with Gasteiger partial charge in [-0.2, -0.15) is 0 Å². The number of alkyl halides is 1. The maximum Gasteiger partial charge on any atom is 0.100 e. The molecule has 58 valence electrons. The molecular weight excluding hydrogens is 192 g/mol. The van der Waals surface area contributed by atoms with Gasteiger partial charge in [-0.05, 0) is 20.0 Å². The Morgan fingerprint density at radius 2 is 2.30 bits per heavy atom. The van der Waals surface area contributed by atoms with E-state index in [1.54, 1.807) is 13.2 Å². The van der Waals surface area contributed by atoms with Gasteiger partial charge in [0.1, 0.15) is 5.84 Å². The molecular formula is C7H13BrN2. The molecule has 0 aliphatic rings. The first-order valence-electron chi connectivity index (χ1n) is 3.11. The van der Waals surface area contributed by atoms with Crippen molar-refractivity contribution < 1.29 is 0 Å². The molecule has 0 N–H and O–H groups in total. The SMILES string of the molecule is C=CN(C(C)=NC)C(C)Br. The highest BCUT2D eigenvalue weighted by Crippen LogP contribution is 2.06. The molecule has 0 aliphatic carbocycles. The molecule has 0 aliphatic heterocycles. The molecule has 0 aromatic carbocycles. The molecule has 0 amide bonds. The van der Waals surface area contributed by atoms with E-state index in [1.807, 2.05) is 18.7 Å². The molecule has 0 radical (unpaired) electrons. The average Bonchev–Trinajstić information content (AvgIpc) is 1.88. The van der Waals surface area contributed by atoms with E-state index in [0.29, 0.717) is 0 Å². The van der Waals surface area contributed by atoms with Crippen molar-refractivity contribution in [2.24, 2.45) is 4.99 Å². The molecule has 0 fully saturated rings. The van der Waals surface area contributed by atoms with Gasteiger partial charge in [0.15, 0.2) is 0 Å². The fraction of sp³-hybridized carbons (Fsp3) is 0.571. The summed E-state index contributed by atoms with van der Waals surface area (Å²) in [7, 11) is 1.77. The molecule has 0 spiro atoms. The Bertz CT molecular complexity index is 141. The van der Waals surface area contributed by atoms with Crippen molar-refractivity contribution in [2.75, 3.05) is 7.05 Å². The molecule has 0 aromatic rings. The minimum absolute atomic E-state index is 0.258. The molecule has 0 saturated heterocycles. The first-order valence-corrected chi connectivity index (χ1v) is 4.03. The number of hydrogen-bond donors (Lipinski definition) is 0. The van der Waals surface area contributed by atoms with Crippen LogP contribution in [-0.4, -0.2) is 22.7 Å². The number of halogens is 1. The van der Waals surface area contributed by atoms with Gasteiger partial charge in [-0.1, -0.05) is 22.5 Å². The lowest BCUT2D eigenvalue weighted by molar-refractivity contribution is 0.555. The Morgan fingerprint density at radius 1 is 1.80 bits per heavy atom. The molecule has 0 rings (SSSR count). The van der Waals surface area contributed by atoms with Crippen LogP contribution in [0.2, 0.25) is 0 Å². The second-order valence-electron chi connectivity index (χ2n) is 1.93. The molecule has 3 heteroatoms. The Kier molecular flexibility index (Phi) is 4.36. The van der Waals surface area contributed by atoms with Gasteiger partial charge < -0.3 is 4.90 Å². The highest BCUT2D eigenvalue weighted by atomic mass is 79.9. The maximum absolute atomic E-state index is 4.02. The molecule has 0 heterocycles. The summed E-state index contributed by atoms with van der Waals surface area (Å²) in [5.74, 6) is 0.958. The number of hydrogen-bond acceptors (Lipinski definition) is 1. The lowest BCUT2D eigenvalue weighted by Crippen LogP contribution is -2.27. The quantitative estimate of drug-likeness (QED) is 0.292. The standard InChI is InChI=1S/C7H13BrN2/c1-5-10(6(2)8)7(3)9-4/h5-6H,1H2,2-4H3. The van der Waals surface area contributed by atoms with Gasteiger partial charge in [-0.15, -0.1) is 0 Å². The Hall–Kier alpha value is -0.310. The third-order valence-electron chi connectivity index (χ3n) is 1.28. The van der Waals surface area contributed by atoms with Crippen molar-refractivity contribution in [3.63, 3.8) is 0 Å². The summed E-state index contributed by atoms with van der Waals surface area (Å²) in [6, 6.07) is 0. The summed E-state index contributed by atoms with van der Waals surface area (Å²) in [6.45, 7) is 7.63. The van der Waals surface area contributed by atoms with E-state index in [1.165, 1.54) is 0 Å². The molecule has 0 bridgehead atoms. The smallest absolute Gasteiger partial charge is 0.100 e. The summed E-state index contributed by atoms with van der Waals surface area (Å²) in [5, 5.41) is 0. The van der Waals surface area contributed by atoms with E-state index in [2.05, 4.69) is 27.5 Å². The first kappa shape index (κ1) is 9.69. The van der Waals surface area contributed by atoms with Crippen molar-refractivity contribution >= 4 is 21.8 Å². The Labute approximate surface area is 70.8 Å². The number of rotatable bonds is 2. The van der Waals surface area contributed by atoms with Crippen molar-refractivity contribution in [3.8, 4) is 0 Å². The highest BCUT2D eigenvalue weighted by Gasteiger charge is 2.06. The predicted octanol–water partition coefficient (Wildman–Crippen LogP) is 2.22. The lowest BCUT2D eigenvalue weighted by atomic mass is 10.5. The van der Waals surface area contributed by atoms with Crippen molar-refractivity contribution in [3.05, 3.63) is 12.8 Å². The maximum atomic E-state index is 4.02. The number of aliphatic imine (C=N–C) groups is 1. The fourth-order valence-corrected chi connectivity index (χ4v) is 1.11. The van der Waals surface area contributed by atoms with Gasteiger partial charge in [-0.25, -0.2) is 0 Å². The average molecular weight is 205 g/mol. The van der Waals surface area contributed by atoms with Gasteiger partial charge in [0, 0.05) is 7.05 Å². The van der Waals surface area contributed by atoms with E-state index >= 15 is 0 Å². The molecule has 1 atom stereocenters. The summed E-state index contributed by atoms with van der Waals surface area (Å²) < 4.78 is 0. The molecule has 2 nitrogen and oxygen atoms in total. The van der Waals surface area contributed by atoms with Crippen LogP contribution in [0.3, 0.4) is 0 Å². The van der Waals surface area contributed by atoms with Crippen LogP contribution < -0.4 is 0 Å². The van der Waals surface area contributed by atoms with Gasteiger partial charge in [0.25, 0.3) is 0 Å². The normalized spacial score (nSPS) is 14.6. The van der Waals surface area contributed by atoms with E-state index in [4.69, 9.17) is 0 Å². The van der Waals surface area contributed by atoms with Crippen molar-refractivity contribution in [1.82, 2.24) is 4.90 Å². The largest absolute Gasteiger partial charge is 0.325 e. The van der Waals surface area contributed by atoms with Crippen LogP contribution in [0.25, 0.3) is 0 Å². The molecule has 10 heavy (non-hydrogen) atoms. The van der Waals surface area contributed by atoms with Crippen LogP contribution in [0.15, 0.2) is 17.8 Å². The second kappa shape index (κ2) is 4.50. The Balaban J connectivity index is 4.21. The summed E-state index contributed by atoms with van der Waals surface area (Å²) in [4.78, 5) is 6.22. The van der Waals surface area contributed by atoms with E-state index in [-0.39, 0.29) is 4.95 Å². The van der Waals surface area contributed by atoms with Gasteiger partial charge in [0.2, 0.25) is 0 Å². The lowest BCUT2D eigenvalue weighted by Gasteiger charge is -2.21. The van der Waals surface area contributed by atoms with E-state index in [9.17, 15) is 0 Å². The van der Waals surface area contributed by atoms with Crippen LogP contribution in [0, 0.1) is 0 Å². The third kappa shape index (κ3) is 2.52. The first-order chi connectivity index (χ1) is 4.63. The Morgan fingerprint density at radius 3 is 2.40 bits per heavy atom. The zero-order valence-corrected chi connectivity index (χ0v) is 8.22. The van der Waals surface area contributed by atoms with Crippen LogP contribution >= 0.6 is 15.9 Å². The van der Waals surface area contributed by atoms with E-state index < -0.39 is 0 Å². The van der Waals surface area contributed by atoms with Gasteiger partial charge in [-0.3, -0.25) is 4.99 Å². The zero-order valence-electron chi connectivity index (χ0n) is 6.63. The van der Waals surface area contributed by atoms with E-state index in [0.717, 1.165) is 5.84 Å². The predicted molar refractivity (Wildman–Crippen MR) is 49.5 cm³/mol. The van der Waals surface area contributed by atoms with Crippen molar-refractivity contribution in [2.45, 2.75) is 18.8 Å². The molecule has 0 saturated carbocycles.